The Morgan fingerprint density at radius 2 is 1.74 bits per heavy atom. The molecule has 23 heavy (non-hydrogen) atoms. The lowest BCUT2D eigenvalue weighted by Crippen LogP contribution is -2.23. The van der Waals surface area contributed by atoms with E-state index in [1.165, 1.54) is 0 Å². The van der Waals surface area contributed by atoms with Gasteiger partial charge in [-0.15, -0.1) is 0 Å². The SMILES string of the molecule is O=C(COc1ccccc1)Oc1ccc(N2CCCC2=O)cc1. The van der Waals surface area contributed by atoms with Gasteiger partial charge in [0.1, 0.15) is 11.5 Å². The molecule has 0 aromatic heterocycles. The van der Waals surface area contributed by atoms with Crippen LogP contribution in [0.15, 0.2) is 54.6 Å². The topological polar surface area (TPSA) is 55.8 Å². The van der Waals surface area contributed by atoms with E-state index in [9.17, 15) is 9.59 Å². The molecule has 2 aromatic carbocycles. The number of hydrogen-bond acceptors (Lipinski definition) is 4. The highest BCUT2D eigenvalue weighted by Gasteiger charge is 2.21. The summed E-state index contributed by atoms with van der Waals surface area (Å²) in [4.78, 5) is 25.2. The summed E-state index contributed by atoms with van der Waals surface area (Å²) in [5.41, 5.74) is 0.827. The van der Waals surface area contributed by atoms with Crippen molar-refractivity contribution in [3.8, 4) is 11.5 Å². The maximum Gasteiger partial charge on any atom is 0.349 e. The first-order valence-electron chi connectivity index (χ1n) is 7.51. The Hall–Kier alpha value is -2.82. The van der Waals surface area contributed by atoms with E-state index in [1.807, 2.05) is 18.2 Å². The highest BCUT2D eigenvalue weighted by atomic mass is 16.6. The predicted octanol–water partition coefficient (Wildman–Crippen LogP) is 2.80. The second-order valence-electron chi connectivity index (χ2n) is 5.22. The van der Waals surface area contributed by atoms with Crippen LogP contribution in [-0.4, -0.2) is 25.0 Å². The molecule has 0 radical (unpaired) electrons. The van der Waals surface area contributed by atoms with E-state index in [1.54, 1.807) is 41.3 Å². The molecular formula is C18H17NO4. The van der Waals surface area contributed by atoms with Crippen molar-refractivity contribution in [3.63, 3.8) is 0 Å². The molecular weight excluding hydrogens is 294 g/mol. The molecule has 0 N–H and O–H groups in total. The van der Waals surface area contributed by atoms with Crippen LogP contribution in [0.5, 0.6) is 11.5 Å². The van der Waals surface area contributed by atoms with E-state index in [0.717, 1.165) is 18.7 Å². The average molecular weight is 311 g/mol. The molecule has 1 saturated heterocycles. The van der Waals surface area contributed by atoms with Crippen LogP contribution in [0.1, 0.15) is 12.8 Å². The van der Waals surface area contributed by atoms with E-state index in [4.69, 9.17) is 9.47 Å². The van der Waals surface area contributed by atoms with E-state index in [0.29, 0.717) is 17.9 Å². The van der Waals surface area contributed by atoms with Crippen molar-refractivity contribution >= 4 is 17.6 Å². The number of rotatable bonds is 5. The highest BCUT2D eigenvalue weighted by Crippen LogP contribution is 2.24. The Bertz CT molecular complexity index is 682. The molecule has 0 unspecified atom stereocenters. The number of carbonyl (C=O) groups excluding carboxylic acids is 2. The molecule has 1 heterocycles. The van der Waals surface area contributed by atoms with Crippen molar-refractivity contribution in [2.24, 2.45) is 0 Å². The summed E-state index contributed by atoms with van der Waals surface area (Å²) in [6.07, 6.45) is 1.47. The zero-order valence-corrected chi connectivity index (χ0v) is 12.6. The molecule has 0 atom stereocenters. The lowest BCUT2D eigenvalue weighted by Gasteiger charge is -2.15. The fourth-order valence-corrected chi connectivity index (χ4v) is 2.44. The lowest BCUT2D eigenvalue weighted by atomic mass is 10.3. The molecule has 2 aromatic rings. The largest absolute Gasteiger partial charge is 0.482 e. The number of hydrogen-bond donors (Lipinski definition) is 0. The zero-order chi connectivity index (χ0) is 16.1. The first-order valence-corrected chi connectivity index (χ1v) is 7.51. The third kappa shape index (κ3) is 3.88. The van der Waals surface area contributed by atoms with E-state index in [-0.39, 0.29) is 12.5 Å². The molecule has 5 nitrogen and oxygen atoms in total. The van der Waals surface area contributed by atoms with Crippen LogP contribution < -0.4 is 14.4 Å². The average Bonchev–Trinajstić information content (AvgIpc) is 3.01. The summed E-state index contributed by atoms with van der Waals surface area (Å²) in [6, 6.07) is 16.0. The summed E-state index contributed by atoms with van der Waals surface area (Å²) >= 11 is 0. The minimum absolute atomic E-state index is 0.131. The van der Waals surface area contributed by atoms with Crippen LogP contribution in [0.3, 0.4) is 0 Å². The van der Waals surface area contributed by atoms with Crippen LogP contribution in [0, 0.1) is 0 Å². The van der Waals surface area contributed by atoms with E-state index >= 15 is 0 Å². The number of ether oxygens (including phenoxy) is 2. The van der Waals surface area contributed by atoms with Gasteiger partial charge in [0, 0.05) is 18.7 Å². The molecule has 1 fully saturated rings. The van der Waals surface area contributed by atoms with Gasteiger partial charge in [0.05, 0.1) is 0 Å². The summed E-state index contributed by atoms with van der Waals surface area (Å²) in [7, 11) is 0. The molecule has 3 rings (SSSR count). The van der Waals surface area contributed by atoms with Crippen LogP contribution in [0.2, 0.25) is 0 Å². The molecule has 0 saturated carbocycles. The minimum atomic E-state index is -0.473. The molecule has 0 aliphatic carbocycles. The van der Waals surface area contributed by atoms with Crippen LogP contribution >= 0.6 is 0 Å². The Balaban J connectivity index is 1.53. The first-order chi connectivity index (χ1) is 11.2. The first kappa shape index (κ1) is 15.1. The smallest absolute Gasteiger partial charge is 0.349 e. The Kier molecular flexibility index (Phi) is 4.57. The van der Waals surface area contributed by atoms with Gasteiger partial charge in [-0.05, 0) is 42.8 Å². The molecule has 1 aliphatic rings. The normalized spacial score (nSPS) is 13.9. The fraction of sp³-hybridized carbons (Fsp3) is 0.222. The van der Waals surface area contributed by atoms with Crippen molar-refractivity contribution in [2.45, 2.75) is 12.8 Å². The monoisotopic (exact) mass is 311 g/mol. The number of amides is 1. The minimum Gasteiger partial charge on any atom is -0.482 e. The quantitative estimate of drug-likeness (QED) is 0.629. The van der Waals surface area contributed by atoms with E-state index < -0.39 is 5.97 Å². The summed E-state index contributed by atoms with van der Waals surface area (Å²) in [5, 5.41) is 0. The number of benzene rings is 2. The van der Waals surface area contributed by atoms with Gasteiger partial charge < -0.3 is 14.4 Å². The van der Waals surface area contributed by atoms with Crippen LogP contribution in [0.4, 0.5) is 5.69 Å². The molecule has 1 amide bonds. The van der Waals surface area contributed by atoms with Gasteiger partial charge in [-0.2, -0.15) is 0 Å². The van der Waals surface area contributed by atoms with Gasteiger partial charge in [0.2, 0.25) is 5.91 Å². The third-order valence-electron chi connectivity index (χ3n) is 3.55. The highest BCUT2D eigenvalue weighted by molar-refractivity contribution is 5.95. The van der Waals surface area contributed by atoms with Crippen molar-refractivity contribution < 1.29 is 19.1 Å². The van der Waals surface area contributed by atoms with Crippen molar-refractivity contribution in [1.29, 1.82) is 0 Å². The summed E-state index contributed by atoms with van der Waals surface area (Å²) < 4.78 is 10.5. The zero-order valence-electron chi connectivity index (χ0n) is 12.6. The molecule has 118 valence electrons. The molecule has 5 heteroatoms. The maximum atomic E-state index is 11.8. The number of esters is 1. The Labute approximate surface area is 134 Å². The fourth-order valence-electron chi connectivity index (χ4n) is 2.44. The van der Waals surface area contributed by atoms with Crippen molar-refractivity contribution in [1.82, 2.24) is 0 Å². The molecule has 1 aliphatic heterocycles. The van der Waals surface area contributed by atoms with Gasteiger partial charge in [0.25, 0.3) is 0 Å². The van der Waals surface area contributed by atoms with E-state index in [2.05, 4.69) is 0 Å². The van der Waals surface area contributed by atoms with Gasteiger partial charge in [-0.25, -0.2) is 4.79 Å². The van der Waals surface area contributed by atoms with Gasteiger partial charge >= 0.3 is 5.97 Å². The summed E-state index contributed by atoms with van der Waals surface area (Å²) in [5.74, 6) is 0.708. The van der Waals surface area contributed by atoms with Gasteiger partial charge in [0.15, 0.2) is 6.61 Å². The standard InChI is InChI=1S/C18H17NO4/c20-17-7-4-12-19(17)14-8-10-16(11-9-14)23-18(21)13-22-15-5-2-1-3-6-15/h1-3,5-6,8-11H,4,7,12-13H2. The Morgan fingerprint density at radius 3 is 2.39 bits per heavy atom. The number of anilines is 1. The molecule has 0 bridgehead atoms. The number of nitrogens with zero attached hydrogens (tertiary/aromatic N) is 1. The second kappa shape index (κ2) is 6.96. The number of para-hydroxylation sites is 1. The van der Waals surface area contributed by atoms with Crippen LogP contribution in [-0.2, 0) is 9.59 Å². The van der Waals surface area contributed by atoms with Crippen molar-refractivity contribution in [3.05, 3.63) is 54.6 Å². The lowest BCUT2D eigenvalue weighted by molar-refractivity contribution is -0.136. The summed E-state index contributed by atoms with van der Waals surface area (Å²) in [6.45, 7) is 0.583. The maximum absolute atomic E-state index is 11.8. The third-order valence-corrected chi connectivity index (χ3v) is 3.55. The van der Waals surface area contributed by atoms with Gasteiger partial charge in [-0.1, -0.05) is 18.2 Å². The second-order valence-corrected chi connectivity index (χ2v) is 5.22. The Morgan fingerprint density at radius 1 is 1.00 bits per heavy atom. The molecule has 0 spiro atoms. The van der Waals surface area contributed by atoms with Gasteiger partial charge in [-0.3, -0.25) is 4.79 Å². The predicted molar refractivity (Wildman–Crippen MR) is 85.6 cm³/mol. The van der Waals surface area contributed by atoms with Crippen molar-refractivity contribution in [2.75, 3.05) is 18.1 Å². The van der Waals surface area contributed by atoms with Crippen LogP contribution in [0.25, 0.3) is 0 Å². The number of carbonyl (C=O) groups is 2.